The van der Waals surface area contributed by atoms with E-state index in [9.17, 15) is 22.2 Å². The van der Waals surface area contributed by atoms with Crippen molar-refractivity contribution in [1.29, 1.82) is 4.78 Å². The highest BCUT2D eigenvalue weighted by molar-refractivity contribution is 7.90. The molecule has 35 heavy (non-hydrogen) atoms. The van der Waals surface area contributed by atoms with Crippen LogP contribution >= 0.6 is 0 Å². The standard InChI is InChI=1S/C25H25F3N4O2S/c1-15(8-9-16-6-4-3-5-7-16)21-11-10-18-22(35(29,34)31-21)14-32(2)24(18)25(33)30-17-12-19(26)23(28)20(27)13-17/h3-7,10-15,21H,8-9H2,1-2H3,(H,30,33)(H2,29,31,34)/t15-,21+,35?/m0/s1. The van der Waals surface area contributed by atoms with Gasteiger partial charge in [-0.25, -0.2) is 26.9 Å². The van der Waals surface area contributed by atoms with Gasteiger partial charge in [-0.1, -0.05) is 49.4 Å². The molecular formula is C25H25F3N4O2S. The summed E-state index contributed by atoms with van der Waals surface area (Å²) in [5, 5.41) is 2.35. The fraction of sp³-hybridized carbons (Fsp3) is 0.240. The van der Waals surface area contributed by atoms with Gasteiger partial charge in [0, 0.05) is 42.7 Å². The van der Waals surface area contributed by atoms with Crippen molar-refractivity contribution >= 4 is 27.6 Å². The number of aryl methyl sites for hydroxylation is 2. The van der Waals surface area contributed by atoms with Gasteiger partial charge >= 0.3 is 0 Å². The third-order valence-electron chi connectivity index (χ3n) is 6.07. The van der Waals surface area contributed by atoms with Crippen LogP contribution in [-0.2, 0) is 23.4 Å². The minimum absolute atomic E-state index is 0.0397. The maximum absolute atomic E-state index is 13.6. The van der Waals surface area contributed by atoms with E-state index in [2.05, 4.69) is 10.0 Å². The fourth-order valence-electron chi connectivity index (χ4n) is 4.13. The molecule has 1 aromatic heterocycles. The number of hydrogen-bond acceptors (Lipinski definition) is 3. The van der Waals surface area contributed by atoms with Crippen LogP contribution in [0.2, 0.25) is 0 Å². The van der Waals surface area contributed by atoms with E-state index in [-0.39, 0.29) is 33.8 Å². The van der Waals surface area contributed by atoms with Gasteiger partial charge in [-0.05, 0) is 24.3 Å². The van der Waals surface area contributed by atoms with Crippen molar-refractivity contribution in [3.63, 3.8) is 0 Å². The first-order valence-corrected chi connectivity index (χ1v) is 12.6. The molecule has 3 N–H and O–H groups in total. The summed E-state index contributed by atoms with van der Waals surface area (Å²) in [5.41, 5.74) is 1.25. The van der Waals surface area contributed by atoms with Crippen LogP contribution in [0.15, 0.2) is 59.6 Å². The molecule has 2 heterocycles. The number of hydrogen-bond donors (Lipinski definition) is 3. The molecule has 4 rings (SSSR count). The molecule has 2 aromatic carbocycles. The smallest absolute Gasteiger partial charge is 0.272 e. The predicted octanol–water partition coefficient (Wildman–Crippen LogP) is 5.27. The van der Waals surface area contributed by atoms with Crippen LogP contribution in [-0.4, -0.2) is 20.7 Å². The molecule has 6 nitrogen and oxygen atoms in total. The summed E-state index contributed by atoms with van der Waals surface area (Å²) < 4.78 is 66.6. The Hall–Kier alpha value is -3.37. The van der Waals surface area contributed by atoms with Gasteiger partial charge < -0.3 is 9.88 Å². The Labute approximate surface area is 202 Å². The quantitative estimate of drug-likeness (QED) is 0.401. The molecule has 0 spiro atoms. The number of nitrogens with zero attached hydrogens (tertiary/aromatic N) is 1. The lowest BCUT2D eigenvalue weighted by atomic mass is 9.94. The van der Waals surface area contributed by atoms with Crippen molar-refractivity contribution in [3.8, 4) is 0 Å². The number of rotatable bonds is 6. The SMILES string of the molecule is C[C@@H](CCc1ccccc1)[C@H]1C=Cc2c(cn(C)c2C(=O)Nc2cc(F)c(F)c(F)c2)S(=N)(=O)N1. The van der Waals surface area contributed by atoms with E-state index >= 15 is 0 Å². The van der Waals surface area contributed by atoms with Gasteiger partial charge in [-0.15, -0.1) is 0 Å². The Bertz CT molecular complexity index is 1380. The van der Waals surface area contributed by atoms with Crippen molar-refractivity contribution in [3.05, 3.63) is 89.0 Å². The van der Waals surface area contributed by atoms with Crippen molar-refractivity contribution in [2.24, 2.45) is 13.0 Å². The number of fused-ring (bicyclic) bond motifs is 1. The number of anilines is 1. The van der Waals surface area contributed by atoms with Gasteiger partial charge in [-0.2, -0.15) is 0 Å². The molecular weight excluding hydrogens is 477 g/mol. The number of carbonyl (C=O) groups is 1. The van der Waals surface area contributed by atoms with E-state index in [0.29, 0.717) is 12.1 Å². The zero-order valence-electron chi connectivity index (χ0n) is 19.1. The molecule has 0 aliphatic carbocycles. The first kappa shape index (κ1) is 24.7. The fourth-order valence-corrected chi connectivity index (χ4v) is 5.73. The van der Waals surface area contributed by atoms with E-state index in [1.54, 1.807) is 19.2 Å². The summed E-state index contributed by atoms with van der Waals surface area (Å²) in [6.07, 6.45) is 6.46. The van der Waals surface area contributed by atoms with Crippen LogP contribution in [0.3, 0.4) is 0 Å². The third-order valence-corrected chi connectivity index (χ3v) is 7.62. The van der Waals surface area contributed by atoms with Crippen LogP contribution < -0.4 is 10.0 Å². The van der Waals surface area contributed by atoms with E-state index in [4.69, 9.17) is 4.78 Å². The van der Waals surface area contributed by atoms with Crippen molar-refractivity contribution in [2.45, 2.75) is 30.7 Å². The highest BCUT2D eigenvalue weighted by Gasteiger charge is 2.30. The normalized spacial score (nSPS) is 20.2. The van der Waals surface area contributed by atoms with Crippen molar-refractivity contribution in [2.75, 3.05) is 5.32 Å². The molecule has 1 amide bonds. The van der Waals surface area contributed by atoms with Gasteiger partial charge in [0.25, 0.3) is 5.91 Å². The average Bonchev–Trinajstić information content (AvgIpc) is 3.09. The van der Waals surface area contributed by atoms with Crippen LogP contribution in [0, 0.1) is 28.1 Å². The molecule has 1 aliphatic rings. The molecule has 0 radical (unpaired) electrons. The minimum Gasteiger partial charge on any atom is -0.345 e. The lowest BCUT2D eigenvalue weighted by Crippen LogP contribution is -2.36. The zero-order chi connectivity index (χ0) is 25.3. The molecule has 0 bridgehead atoms. The van der Waals surface area contributed by atoms with E-state index in [0.717, 1.165) is 12.8 Å². The molecule has 1 unspecified atom stereocenters. The first-order chi connectivity index (χ1) is 16.6. The number of amides is 1. The molecule has 0 saturated carbocycles. The van der Waals surface area contributed by atoms with Gasteiger partial charge in [0.2, 0.25) is 0 Å². The topological polar surface area (TPSA) is 87.0 Å². The Morgan fingerprint density at radius 2 is 1.86 bits per heavy atom. The van der Waals surface area contributed by atoms with Crippen molar-refractivity contribution < 1.29 is 22.2 Å². The second-order valence-corrected chi connectivity index (χ2v) is 10.4. The van der Waals surface area contributed by atoms with Gasteiger partial charge in [-0.3, -0.25) is 4.79 Å². The van der Waals surface area contributed by atoms with E-state index in [1.807, 2.05) is 37.3 Å². The lowest BCUT2D eigenvalue weighted by molar-refractivity contribution is 0.101. The summed E-state index contributed by atoms with van der Waals surface area (Å²) in [5.74, 6) is -5.20. The average molecular weight is 503 g/mol. The third kappa shape index (κ3) is 5.18. The second-order valence-electron chi connectivity index (χ2n) is 8.64. The molecule has 3 aromatic rings. The highest BCUT2D eigenvalue weighted by atomic mass is 32.2. The zero-order valence-corrected chi connectivity index (χ0v) is 20.0. The lowest BCUT2D eigenvalue weighted by Gasteiger charge is -2.22. The molecule has 3 atom stereocenters. The van der Waals surface area contributed by atoms with Crippen LogP contribution in [0.4, 0.5) is 18.9 Å². The van der Waals surface area contributed by atoms with Crippen LogP contribution in [0.25, 0.3) is 6.08 Å². The van der Waals surface area contributed by atoms with Crippen molar-refractivity contribution in [1.82, 2.24) is 9.29 Å². The number of carbonyl (C=O) groups excluding carboxylic acids is 1. The summed E-state index contributed by atoms with van der Waals surface area (Å²) in [6, 6.07) is 10.9. The summed E-state index contributed by atoms with van der Waals surface area (Å²) >= 11 is 0. The summed E-state index contributed by atoms with van der Waals surface area (Å²) in [6.45, 7) is 2.00. The van der Waals surface area contributed by atoms with E-state index < -0.39 is 33.3 Å². The maximum Gasteiger partial charge on any atom is 0.272 e. The van der Waals surface area contributed by atoms with Gasteiger partial charge in [0.1, 0.15) is 15.6 Å². The summed E-state index contributed by atoms with van der Waals surface area (Å²) in [7, 11) is -1.93. The van der Waals surface area contributed by atoms with E-state index in [1.165, 1.54) is 16.3 Å². The first-order valence-electron chi connectivity index (χ1n) is 11.0. The monoisotopic (exact) mass is 502 g/mol. The Morgan fingerprint density at radius 3 is 2.51 bits per heavy atom. The van der Waals surface area contributed by atoms with Crippen LogP contribution in [0.1, 0.15) is 35.0 Å². The summed E-state index contributed by atoms with van der Waals surface area (Å²) in [4.78, 5) is 13.1. The largest absolute Gasteiger partial charge is 0.345 e. The minimum atomic E-state index is -3.47. The molecule has 184 valence electrons. The molecule has 1 aliphatic heterocycles. The number of halogens is 3. The number of nitrogens with one attached hydrogen (secondary N) is 3. The Kier molecular flexibility index (Phi) is 6.86. The highest BCUT2D eigenvalue weighted by Crippen LogP contribution is 2.29. The molecule has 10 heteroatoms. The molecule has 0 saturated heterocycles. The van der Waals surface area contributed by atoms with Gasteiger partial charge in [0.05, 0.1) is 4.90 Å². The second kappa shape index (κ2) is 9.71. The Balaban J connectivity index is 1.60. The van der Waals surface area contributed by atoms with Gasteiger partial charge in [0.15, 0.2) is 17.5 Å². The Morgan fingerprint density at radius 1 is 1.20 bits per heavy atom. The van der Waals surface area contributed by atoms with Crippen LogP contribution in [0.5, 0.6) is 0 Å². The molecule has 0 fully saturated rings. The number of benzene rings is 2. The predicted molar refractivity (Wildman–Crippen MR) is 129 cm³/mol. The number of aromatic nitrogens is 1. The maximum atomic E-state index is 13.6.